The van der Waals surface area contributed by atoms with Gasteiger partial charge in [-0.2, -0.15) is 9.48 Å². The number of phenols is 2. The molecule has 7 N–H and O–H groups in total. The lowest BCUT2D eigenvalue weighted by Crippen LogP contribution is -2.64. The van der Waals surface area contributed by atoms with Crippen LogP contribution in [0.5, 0.6) is 11.5 Å². The van der Waals surface area contributed by atoms with Gasteiger partial charge in [0.2, 0.25) is 18.0 Å². The van der Waals surface area contributed by atoms with E-state index in [4.69, 9.17) is 23.2 Å². The maximum Gasteiger partial charge on any atom is 0.336 e. The molecule has 2 aromatic carbocycles. The molecule has 4 amide bonds. The van der Waals surface area contributed by atoms with Crippen molar-refractivity contribution in [1.82, 2.24) is 0 Å². The van der Waals surface area contributed by atoms with E-state index in [0.29, 0.717) is 0 Å². The lowest BCUT2D eigenvalue weighted by Gasteiger charge is -2.23. The average molecular weight is 551 g/mol. The van der Waals surface area contributed by atoms with Crippen molar-refractivity contribution in [2.75, 3.05) is 34.4 Å². The molecule has 37 heavy (non-hydrogen) atoms. The molecular formula is C23H24Cl2N6O6+2. The van der Waals surface area contributed by atoms with E-state index in [0.717, 1.165) is 0 Å². The predicted octanol–water partition coefficient (Wildman–Crippen LogP) is 1.31. The van der Waals surface area contributed by atoms with E-state index in [-0.39, 0.29) is 73.7 Å². The summed E-state index contributed by atoms with van der Waals surface area (Å²) in [6.45, 7) is 2.09. The average Bonchev–Trinajstić information content (AvgIpc) is 3.21. The molecule has 14 heteroatoms. The maximum absolute atomic E-state index is 12.8. The summed E-state index contributed by atoms with van der Waals surface area (Å²) in [6.07, 6.45) is 4.64. The van der Waals surface area contributed by atoms with Gasteiger partial charge in [0.05, 0.1) is 32.8 Å². The molecule has 0 aliphatic carbocycles. The van der Waals surface area contributed by atoms with Gasteiger partial charge in [-0.05, 0) is 12.1 Å². The zero-order valence-corrected chi connectivity index (χ0v) is 21.2. The molecule has 0 spiro atoms. The minimum atomic E-state index is -0.554. The smallest absolute Gasteiger partial charge is 0.336 e. The summed E-state index contributed by atoms with van der Waals surface area (Å²) in [5.74, 6) is -2.51. The second-order valence-electron chi connectivity index (χ2n) is 8.19. The van der Waals surface area contributed by atoms with Crippen molar-refractivity contribution in [3.05, 3.63) is 46.7 Å². The number of amides is 4. The Balaban J connectivity index is 1.70. The summed E-state index contributed by atoms with van der Waals surface area (Å²) >= 11 is 12.2. The highest BCUT2D eigenvalue weighted by atomic mass is 35.5. The van der Waals surface area contributed by atoms with Crippen LogP contribution in [0.1, 0.15) is 13.8 Å². The molecule has 194 valence electrons. The van der Waals surface area contributed by atoms with Gasteiger partial charge in [-0.15, -0.1) is 0 Å². The van der Waals surface area contributed by atoms with Crippen molar-refractivity contribution in [2.24, 2.45) is 0 Å². The first-order chi connectivity index (χ1) is 17.4. The van der Waals surface area contributed by atoms with E-state index in [9.17, 15) is 29.4 Å². The summed E-state index contributed by atoms with van der Waals surface area (Å²) in [6, 6.07) is 4.98. The van der Waals surface area contributed by atoms with Crippen LogP contribution in [-0.2, 0) is 19.2 Å². The topological polar surface area (TPSA) is 171 Å². The minimum Gasteiger partial charge on any atom is -0.506 e. The van der Waals surface area contributed by atoms with Gasteiger partial charge in [-0.3, -0.25) is 19.2 Å². The Kier molecular flexibility index (Phi) is 8.38. The fraction of sp³-hybridized carbons (Fsp3) is 0.174. The third kappa shape index (κ3) is 7.19. The molecule has 0 saturated carbocycles. The van der Waals surface area contributed by atoms with Gasteiger partial charge in [0.15, 0.2) is 19.3 Å². The molecule has 1 heterocycles. The number of phenolic OH excluding ortho intramolecular Hbond substituents is 2. The minimum absolute atomic E-state index is 0.0154. The van der Waals surface area contributed by atoms with Crippen molar-refractivity contribution >= 4 is 75.9 Å². The monoisotopic (exact) mass is 550 g/mol. The molecule has 3 rings (SSSR count). The summed E-state index contributed by atoms with van der Waals surface area (Å²) in [5, 5.41) is 30.7. The first-order valence-corrected chi connectivity index (χ1v) is 11.5. The number of hydrogen-bond acceptors (Lipinski definition) is 6. The number of aromatic hydroxyl groups is 2. The fourth-order valence-corrected chi connectivity index (χ4v) is 3.91. The Morgan fingerprint density at radius 3 is 1.54 bits per heavy atom. The van der Waals surface area contributed by atoms with Gasteiger partial charge in [0, 0.05) is 26.0 Å². The summed E-state index contributed by atoms with van der Waals surface area (Å²) in [5.41, 5.74) is 0.389. The standard InChI is InChI=1S/C23H22Cl2N6O6/c1-12(32)27-16-7-20(34)18(5-14(16)24)29-22(36)9-31(4-3-26-11-31)10-23(37)30-19-6-15(25)17(8-21(19)35)28-13(2)33/h3-8,11H,9-10H2,1-2H3,(H5-,27,28,29,30,32,33,34,35,36,37)/p+2. The number of quaternary nitrogens is 1. The number of benzene rings is 2. The third-order valence-electron chi connectivity index (χ3n) is 5.02. The van der Waals surface area contributed by atoms with Crippen molar-refractivity contribution in [3.8, 4) is 11.5 Å². The lowest BCUT2D eigenvalue weighted by molar-refractivity contribution is -0.770. The van der Waals surface area contributed by atoms with E-state index >= 15 is 0 Å². The van der Waals surface area contributed by atoms with Crippen molar-refractivity contribution < 1.29 is 38.9 Å². The predicted molar refractivity (Wildman–Crippen MR) is 138 cm³/mol. The molecule has 0 atom stereocenters. The van der Waals surface area contributed by atoms with E-state index in [1.54, 1.807) is 12.4 Å². The maximum atomic E-state index is 12.8. The molecule has 12 nitrogen and oxygen atoms in total. The number of nitrogens with zero attached hydrogens (tertiary/aromatic N) is 1. The molecular weight excluding hydrogens is 527 g/mol. The van der Waals surface area contributed by atoms with Crippen molar-refractivity contribution in [3.63, 3.8) is 0 Å². The normalized spacial score (nSPS) is 13.2. The van der Waals surface area contributed by atoms with E-state index in [2.05, 4.69) is 26.3 Å². The summed E-state index contributed by atoms with van der Waals surface area (Å²) in [4.78, 5) is 51.0. The Hall–Kier alpha value is -4.13. The van der Waals surface area contributed by atoms with Gasteiger partial charge in [0.1, 0.15) is 11.5 Å². The highest BCUT2D eigenvalue weighted by Gasteiger charge is 2.36. The van der Waals surface area contributed by atoms with Crippen molar-refractivity contribution in [2.45, 2.75) is 13.8 Å². The molecule has 0 saturated heterocycles. The largest absolute Gasteiger partial charge is 0.506 e. The summed E-state index contributed by atoms with van der Waals surface area (Å²) < 4.78 is -0.241. The Labute approximate surface area is 221 Å². The third-order valence-corrected chi connectivity index (χ3v) is 5.64. The van der Waals surface area contributed by atoms with Crippen LogP contribution in [0, 0.1) is 0 Å². The molecule has 0 fully saturated rings. The van der Waals surface area contributed by atoms with Crippen LogP contribution >= 0.6 is 23.2 Å². The molecule has 1 aliphatic heterocycles. The number of hydrogen-bond donors (Lipinski definition) is 7. The molecule has 2 aromatic rings. The van der Waals surface area contributed by atoms with Crippen LogP contribution in [0.15, 0.2) is 36.7 Å². The Morgan fingerprint density at radius 1 is 0.757 bits per heavy atom. The first-order valence-electron chi connectivity index (χ1n) is 10.7. The zero-order chi connectivity index (χ0) is 27.3. The lowest BCUT2D eigenvalue weighted by atomic mass is 10.2. The second-order valence-corrected chi connectivity index (χ2v) is 9.00. The van der Waals surface area contributed by atoms with Gasteiger partial charge < -0.3 is 31.5 Å². The quantitative estimate of drug-likeness (QED) is 0.193. The van der Waals surface area contributed by atoms with Crippen LogP contribution in [-0.4, -0.2) is 57.8 Å². The molecule has 0 bridgehead atoms. The number of carbonyl (C=O) groups is 4. The number of rotatable bonds is 8. The SMILES string of the molecule is CC(=O)Nc1cc(O)c(NC(=O)C[N+]2(CC(=O)Nc3cc(Cl)c(NC(C)=O)cc3O)C=C[NH+]=C2)cc1Cl. The van der Waals surface area contributed by atoms with Crippen LogP contribution in [0.25, 0.3) is 0 Å². The van der Waals surface area contributed by atoms with Crippen LogP contribution in [0.3, 0.4) is 0 Å². The van der Waals surface area contributed by atoms with Crippen LogP contribution in [0.2, 0.25) is 10.0 Å². The molecule has 0 radical (unpaired) electrons. The van der Waals surface area contributed by atoms with Crippen molar-refractivity contribution in [1.29, 1.82) is 0 Å². The van der Waals surface area contributed by atoms with Gasteiger partial charge in [-0.1, -0.05) is 23.2 Å². The number of carbonyl (C=O) groups excluding carboxylic acids is 4. The molecule has 0 unspecified atom stereocenters. The number of anilines is 4. The molecule has 0 aromatic heterocycles. The first kappa shape index (κ1) is 27.5. The van der Waals surface area contributed by atoms with Crippen LogP contribution < -0.4 is 26.3 Å². The van der Waals surface area contributed by atoms with E-state index in [1.165, 1.54) is 44.5 Å². The fourth-order valence-electron chi connectivity index (χ4n) is 3.49. The van der Waals surface area contributed by atoms with Gasteiger partial charge in [-0.25, -0.2) is 0 Å². The highest BCUT2D eigenvalue weighted by molar-refractivity contribution is 6.34. The number of nitrogens with one attached hydrogen (secondary N) is 5. The van der Waals surface area contributed by atoms with Gasteiger partial charge in [0.25, 0.3) is 11.8 Å². The van der Waals surface area contributed by atoms with Crippen LogP contribution in [0.4, 0.5) is 22.7 Å². The second kappa shape index (κ2) is 11.3. The highest BCUT2D eigenvalue weighted by Crippen LogP contribution is 2.35. The molecule has 1 aliphatic rings. The summed E-state index contributed by atoms with van der Waals surface area (Å²) in [7, 11) is 0. The Morgan fingerprint density at radius 2 is 1.19 bits per heavy atom. The van der Waals surface area contributed by atoms with E-state index < -0.39 is 11.8 Å². The van der Waals surface area contributed by atoms with Gasteiger partial charge >= 0.3 is 6.34 Å². The Bertz CT molecular complexity index is 1240. The van der Waals surface area contributed by atoms with E-state index in [1.807, 2.05) is 0 Å². The number of halogens is 2. The zero-order valence-electron chi connectivity index (χ0n) is 19.7.